The van der Waals surface area contributed by atoms with Crippen LogP contribution in [-0.2, 0) is 0 Å². The lowest BCUT2D eigenvalue weighted by atomic mass is 10.0. The van der Waals surface area contributed by atoms with Crippen LogP contribution < -0.4 is 0 Å². The predicted octanol–water partition coefficient (Wildman–Crippen LogP) is 2.29. The van der Waals surface area contributed by atoms with E-state index in [0.29, 0.717) is 6.04 Å². The monoisotopic (exact) mass is 153 g/mol. The van der Waals surface area contributed by atoms with Gasteiger partial charge < -0.3 is 4.90 Å². The quantitative estimate of drug-likeness (QED) is 0.550. The first-order valence-electron chi connectivity index (χ1n) is 4.50. The number of nitrogens with zero attached hydrogens (tertiary/aromatic N) is 1. The lowest BCUT2D eigenvalue weighted by Gasteiger charge is -2.20. The van der Waals surface area contributed by atoms with Crippen molar-refractivity contribution < 1.29 is 0 Å². The van der Waals surface area contributed by atoms with Crippen molar-refractivity contribution in [2.45, 2.75) is 33.2 Å². The van der Waals surface area contributed by atoms with E-state index in [1.54, 1.807) is 0 Å². The van der Waals surface area contributed by atoms with Crippen LogP contribution in [0.25, 0.3) is 0 Å². The van der Waals surface area contributed by atoms with Crippen molar-refractivity contribution in [2.24, 2.45) is 5.92 Å². The highest BCUT2D eigenvalue weighted by molar-refractivity contribution is 5.00. The molecule has 0 bridgehead atoms. The van der Waals surface area contributed by atoms with Crippen molar-refractivity contribution in [2.75, 3.05) is 13.1 Å². The molecule has 1 heterocycles. The molecule has 0 saturated carbocycles. The molecule has 1 aliphatic rings. The first kappa shape index (κ1) is 8.79. The molecule has 1 aliphatic heterocycles. The maximum atomic E-state index is 4.00. The van der Waals surface area contributed by atoms with Gasteiger partial charge in [-0.3, -0.25) is 0 Å². The SMILES string of the molecule is C=C(C)C1CCN(C(C)C)C1. The Hall–Kier alpha value is -0.300. The zero-order chi connectivity index (χ0) is 8.43. The van der Waals surface area contributed by atoms with Gasteiger partial charge in [0.25, 0.3) is 0 Å². The fourth-order valence-corrected chi connectivity index (χ4v) is 1.66. The Labute approximate surface area is 70.1 Å². The molecule has 1 nitrogen and oxygen atoms in total. The minimum atomic E-state index is 0.708. The van der Waals surface area contributed by atoms with Gasteiger partial charge in [0, 0.05) is 12.6 Å². The average molecular weight is 153 g/mol. The minimum Gasteiger partial charge on any atom is -0.300 e. The van der Waals surface area contributed by atoms with Crippen LogP contribution in [-0.4, -0.2) is 24.0 Å². The van der Waals surface area contributed by atoms with Crippen LogP contribution in [0.3, 0.4) is 0 Å². The van der Waals surface area contributed by atoms with Crippen LogP contribution in [0.15, 0.2) is 12.2 Å². The highest BCUT2D eigenvalue weighted by Gasteiger charge is 2.23. The smallest absolute Gasteiger partial charge is 0.00500 e. The van der Waals surface area contributed by atoms with E-state index < -0.39 is 0 Å². The Morgan fingerprint density at radius 3 is 2.45 bits per heavy atom. The van der Waals surface area contributed by atoms with Crippen LogP contribution in [0, 0.1) is 5.92 Å². The number of rotatable bonds is 2. The van der Waals surface area contributed by atoms with Crippen LogP contribution in [0.1, 0.15) is 27.2 Å². The van der Waals surface area contributed by atoms with Crippen molar-refractivity contribution in [3.8, 4) is 0 Å². The summed E-state index contributed by atoms with van der Waals surface area (Å²) in [6, 6.07) is 0.708. The fourth-order valence-electron chi connectivity index (χ4n) is 1.66. The van der Waals surface area contributed by atoms with Gasteiger partial charge in [-0.2, -0.15) is 0 Å². The topological polar surface area (TPSA) is 3.24 Å². The second kappa shape index (κ2) is 3.40. The lowest BCUT2D eigenvalue weighted by Crippen LogP contribution is -2.28. The van der Waals surface area contributed by atoms with Gasteiger partial charge in [0.15, 0.2) is 0 Å². The Bertz CT molecular complexity index is 149. The molecule has 0 spiro atoms. The van der Waals surface area contributed by atoms with Crippen molar-refractivity contribution in [3.63, 3.8) is 0 Å². The number of hydrogen-bond donors (Lipinski definition) is 0. The van der Waals surface area contributed by atoms with Crippen LogP contribution >= 0.6 is 0 Å². The lowest BCUT2D eigenvalue weighted by molar-refractivity contribution is 0.269. The van der Waals surface area contributed by atoms with E-state index in [-0.39, 0.29) is 0 Å². The normalized spacial score (nSPS) is 26.4. The van der Waals surface area contributed by atoms with Gasteiger partial charge in [0.2, 0.25) is 0 Å². The van der Waals surface area contributed by atoms with E-state index in [0.717, 1.165) is 5.92 Å². The summed E-state index contributed by atoms with van der Waals surface area (Å²) < 4.78 is 0. The molecule has 1 fully saturated rings. The number of likely N-dealkylation sites (tertiary alicyclic amines) is 1. The average Bonchev–Trinajstić information content (AvgIpc) is 2.33. The van der Waals surface area contributed by atoms with Crippen molar-refractivity contribution in [1.29, 1.82) is 0 Å². The second-order valence-corrected chi connectivity index (χ2v) is 3.92. The molecule has 11 heavy (non-hydrogen) atoms. The van der Waals surface area contributed by atoms with E-state index in [2.05, 4.69) is 32.3 Å². The van der Waals surface area contributed by atoms with Crippen LogP contribution in [0.4, 0.5) is 0 Å². The second-order valence-electron chi connectivity index (χ2n) is 3.92. The van der Waals surface area contributed by atoms with E-state index in [1.807, 2.05) is 0 Å². The highest BCUT2D eigenvalue weighted by Crippen LogP contribution is 2.23. The maximum absolute atomic E-state index is 4.00. The van der Waals surface area contributed by atoms with Crippen molar-refractivity contribution in [3.05, 3.63) is 12.2 Å². The molecule has 64 valence electrons. The fraction of sp³-hybridized carbons (Fsp3) is 0.800. The summed E-state index contributed by atoms with van der Waals surface area (Å²) in [6.07, 6.45) is 1.31. The predicted molar refractivity (Wildman–Crippen MR) is 49.6 cm³/mol. The van der Waals surface area contributed by atoms with Crippen molar-refractivity contribution in [1.82, 2.24) is 4.90 Å². The summed E-state index contributed by atoms with van der Waals surface area (Å²) in [6.45, 7) is 13.2. The van der Waals surface area contributed by atoms with E-state index in [9.17, 15) is 0 Å². The van der Waals surface area contributed by atoms with Crippen LogP contribution in [0.5, 0.6) is 0 Å². The van der Waals surface area contributed by atoms with Gasteiger partial charge in [0.1, 0.15) is 0 Å². The molecule has 0 radical (unpaired) electrons. The third-order valence-electron chi connectivity index (χ3n) is 2.65. The third kappa shape index (κ3) is 2.06. The van der Waals surface area contributed by atoms with Gasteiger partial charge in [-0.05, 0) is 39.7 Å². The van der Waals surface area contributed by atoms with Gasteiger partial charge >= 0.3 is 0 Å². The third-order valence-corrected chi connectivity index (χ3v) is 2.65. The largest absolute Gasteiger partial charge is 0.300 e. The molecule has 1 atom stereocenters. The van der Waals surface area contributed by atoms with E-state index >= 15 is 0 Å². The first-order chi connectivity index (χ1) is 5.11. The molecule has 0 aliphatic carbocycles. The molecule has 1 saturated heterocycles. The van der Waals surface area contributed by atoms with Crippen molar-refractivity contribution >= 4 is 0 Å². The van der Waals surface area contributed by atoms with Gasteiger partial charge in [-0.1, -0.05) is 12.2 Å². The standard InChI is InChI=1S/C10H19N/c1-8(2)10-5-6-11(7-10)9(3)4/h9-10H,1,5-7H2,2-4H3. The molecule has 1 heteroatoms. The molecule has 1 unspecified atom stereocenters. The summed E-state index contributed by atoms with van der Waals surface area (Å²) in [5, 5.41) is 0. The zero-order valence-electron chi connectivity index (χ0n) is 7.93. The van der Waals surface area contributed by atoms with Gasteiger partial charge in [-0.15, -0.1) is 0 Å². The Balaban J connectivity index is 2.41. The molecule has 0 N–H and O–H groups in total. The van der Waals surface area contributed by atoms with Crippen LogP contribution in [0.2, 0.25) is 0 Å². The summed E-state index contributed by atoms with van der Waals surface area (Å²) in [5.41, 5.74) is 1.35. The molecule has 1 rings (SSSR count). The molecular formula is C10H19N. The maximum Gasteiger partial charge on any atom is 0.00500 e. The molecule has 0 aromatic carbocycles. The van der Waals surface area contributed by atoms with Gasteiger partial charge in [0.05, 0.1) is 0 Å². The number of hydrogen-bond acceptors (Lipinski definition) is 1. The molecule has 0 aromatic heterocycles. The first-order valence-corrected chi connectivity index (χ1v) is 4.50. The zero-order valence-corrected chi connectivity index (χ0v) is 7.93. The molecular weight excluding hydrogens is 134 g/mol. The minimum absolute atomic E-state index is 0.708. The Morgan fingerprint density at radius 2 is 2.18 bits per heavy atom. The molecule has 0 aromatic rings. The molecule has 0 amide bonds. The van der Waals surface area contributed by atoms with E-state index in [1.165, 1.54) is 25.1 Å². The summed E-state index contributed by atoms with van der Waals surface area (Å²) in [4.78, 5) is 2.53. The van der Waals surface area contributed by atoms with E-state index in [4.69, 9.17) is 0 Å². The summed E-state index contributed by atoms with van der Waals surface area (Å²) in [5.74, 6) is 0.761. The summed E-state index contributed by atoms with van der Waals surface area (Å²) >= 11 is 0. The highest BCUT2D eigenvalue weighted by atomic mass is 15.2. The Kier molecular flexibility index (Phi) is 2.72. The Morgan fingerprint density at radius 1 is 1.55 bits per heavy atom. The summed E-state index contributed by atoms with van der Waals surface area (Å²) in [7, 11) is 0. The van der Waals surface area contributed by atoms with Gasteiger partial charge in [-0.25, -0.2) is 0 Å².